The van der Waals surface area contributed by atoms with Crippen LogP contribution in [-0.2, 0) is 20.7 Å². The van der Waals surface area contributed by atoms with Gasteiger partial charge in [0.2, 0.25) is 0 Å². The minimum Gasteiger partial charge on any atom is -0.456 e. The molecule has 2 aromatic rings. The molecule has 120 valence electrons. The summed E-state index contributed by atoms with van der Waals surface area (Å²) in [4.78, 5) is 29.2. The summed E-state index contributed by atoms with van der Waals surface area (Å²) in [6.07, 6.45) is 0.944. The van der Waals surface area contributed by atoms with Crippen LogP contribution in [0.3, 0.4) is 0 Å². The Morgan fingerprint density at radius 3 is 2.91 bits per heavy atom. The Kier molecular flexibility index (Phi) is 6.06. The summed E-state index contributed by atoms with van der Waals surface area (Å²) in [5.41, 5.74) is 0.926. The van der Waals surface area contributed by atoms with Gasteiger partial charge in [0.1, 0.15) is 0 Å². The first-order chi connectivity index (χ1) is 11.1. The van der Waals surface area contributed by atoms with Crippen molar-refractivity contribution in [2.75, 3.05) is 20.2 Å². The van der Waals surface area contributed by atoms with Gasteiger partial charge >= 0.3 is 5.97 Å². The fourth-order valence-corrected chi connectivity index (χ4v) is 2.87. The Morgan fingerprint density at radius 2 is 2.17 bits per heavy atom. The molecule has 0 unspecified atom stereocenters. The summed E-state index contributed by atoms with van der Waals surface area (Å²) in [7, 11) is 1.58. The molecule has 6 nitrogen and oxygen atoms in total. The van der Waals surface area contributed by atoms with E-state index < -0.39 is 5.97 Å². The molecule has 1 amide bonds. The third-order valence-electron chi connectivity index (χ3n) is 3.22. The molecule has 0 radical (unpaired) electrons. The number of hydrogen-bond donors (Lipinski definition) is 0. The lowest BCUT2D eigenvalue weighted by Gasteiger charge is -2.15. The summed E-state index contributed by atoms with van der Waals surface area (Å²) >= 11 is 1.55. The van der Waals surface area contributed by atoms with Crippen molar-refractivity contribution in [1.29, 1.82) is 5.26 Å². The molecule has 0 saturated heterocycles. The number of amides is 1. The van der Waals surface area contributed by atoms with Gasteiger partial charge in [-0.15, -0.1) is 11.3 Å². The molecule has 0 aliphatic heterocycles. The molecule has 1 heterocycles. The second-order valence-corrected chi connectivity index (χ2v) is 6.07. The first-order valence-electron chi connectivity index (χ1n) is 7.21. The van der Waals surface area contributed by atoms with Crippen molar-refractivity contribution in [2.24, 2.45) is 0 Å². The smallest absolute Gasteiger partial charge is 0.306 e. The number of thiazole rings is 1. The zero-order valence-electron chi connectivity index (χ0n) is 12.8. The van der Waals surface area contributed by atoms with E-state index in [0.717, 1.165) is 15.2 Å². The van der Waals surface area contributed by atoms with Crippen molar-refractivity contribution in [3.63, 3.8) is 0 Å². The Balaban J connectivity index is 1.74. The Hall–Kier alpha value is -2.46. The summed E-state index contributed by atoms with van der Waals surface area (Å²) in [6, 6.07) is 9.76. The Morgan fingerprint density at radius 1 is 1.39 bits per heavy atom. The highest BCUT2D eigenvalue weighted by Gasteiger charge is 2.12. The molecule has 0 saturated carbocycles. The van der Waals surface area contributed by atoms with Crippen LogP contribution in [0.25, 0.3) is 10.2 Å². The van der Waals surface area contributed by atoms with E-state index in [2.05, 4.69) is 4.98 Å². The Bertz CT molecular complexity index is 702. The van der Waals surface area contributed by atoms with Crippen LogP contribution >= 0.6 is 11.3 Å². The lowest BCUT2D eigenvalue weighted by molar-refractivity contribution is -0.151. The second kappa shape index (κ2) is 8.25. The van der Waals surface area contributed by atoms with Gasteiger partial charge in [-0.1, -0.05) is 12.1 Å². The van der Waals surface area contributed by atoms with Crippen LogP contribution in [0.1, 0.15) is 17.8 Å². The van der Waals surface area contributed by atoms with Crippen molar-refractivity contribution in [3.05, 3.63) is 29.3 Å². The lowest BCUT2D eigenvalue weighted by atomic mass is 10.3. The number of fused-ring (bicyclic) bond motifs is 1. The fourth-order valence-electron chi connectivity index (χ4n) is 1.90. The van der Waals surface area contributed by atoms with Gasteiger partial charge in [-0.05, 0) is 12.1 Å². The zero-order valence-corrected chi connectivity index (χ0v) is 13.6. The molecule has 1 aromatic heterocycles. The number of esters is 1. The van der Waals surface area contributed by atoms with E-state index in [0.29, 0.717) is 13.0 Å². The number of hydrogen-bond acceptors (Lipinski definition) is 6. The number of carbonyl (C=O) groups is 2. The number of likely N-dealkylation sites (N-methyl/N-ethyl adjacent to an activating group) is 1. The fraction of sp³-hybridized carbons (Fsp3) is 0.375. The normalized spacial score (nSPS) is 10.3. The number of aryl methyl sites for hydroxylation is 1. The van der Waals surface area contributed by atoms with Crippen LogP contribution in [0, 0.1) is 11.3 Å². The van der Waals surface area contributed by atoms with Gasteiger partial charge in [-0.3, -0.25) is 9.59 Å². The van der Waals surface area contributed by atoms with Crippen LogP contribution in [0.5, 0.6) is 0 Å². The third-order valence-corrected chi connectivity index (χ3v) is 4.32. The van der Waals surface area contributed by atoms with E-state index in [1.165, 1.54) is 4.90 Å². The lowest BCUT2D eigenvalue weighted by Crippen LogP contribution is -2.31. The van der Waals surface area contributed by atoms with Crippen molar-refractivity contribution < 1.29 is 14.3 Å². The number of benzene rings is 1. The second-order valence-electron chi connectivity index (χ2n) is 4.96. The van der Waals surface area contributed by atoms with Crippen molar-refractivity contribution in [3.8, 4) is 6.07 Å². The molecule has 0 spiro atoms. The molecule has 7 heteroatoms. The number of ether oxygens (including phenoxy) is 1. The average Bonchev–Trinajstić information content (AvgIpc) is 2.98. The molecule has 0 atom stereocenters. The number of para-hydroxylation sites is 1. The van der Waals surface area contributed by atoms with Gasteiger partial charge in [0.25, 0.3) is 5.91 Å². The number of rotatable bonds is 7. The summed E-state index contributed by atoms with van der Waals surface area (Å²) in [5, 5.41) is 9.34. The van der Waals surface area contributed by atoms with E-state index in [1.807, 2.05) is 30.3 Å². The van der Waals surface area contributed by atoms with E-state index >= 15 is 0 Å². The van der Waals surface area contributed by atoms with E-state index in [1.54, 1.807) is 18.4 Å². The molecule has 1 aromatic carbocycles. The summed E-state index contributed by atoms with van der Waals surface area (Å²) in [5.74, 6) is -0.736. The molecular formula is C16H17N3O3S. The van der Waals surface area contributed by atoms with Crippen molar-refractivity contribution in [2.45, 2.75) is 19.3 Å². The average molecular weight is 331 g/mol. The highest BCUT2D eigenvalue weighted by atomic mass is 32.1. The predicted molar refractivity (Wildman–Crippen MR) is 86.8 cm³/mol. The SMILES string of the molecule is CN(CCC#N)C(=O)COC(=O)CCc1nc2ccccc2s1. The predicted octanol–water partition coefficient (Wildman–Crippen LogP) is 2.14. The van der Waals surface area contributed by atoms with Gasteiger partial charge in [-0.2, -0.15) is 5.26 Å². The topological polar surface area (TPSA) is 83.3 Å². The first-order valence-corrected chi connectivity index (χ1v) is 8.03. The standard InChI is InChI=1S/C16H17N3O3S/c1-19(10-4-9-17)15(20)11-22-16(21)8-7-14-18-12-5-2-3-6-13(12)23-14/h2-3,5-6H,4,7-8,10-11H2,1H3. The molecule has 23 heavy (non-hydrogen) atoms. The molecule has 0 bridgehead atoms. The maximum Gasteiger partial charge on any atom is 0.306 e. The largest absolute Gasteiger partial charge is 0.456 e. The minimum absolute atomic E-state index is 0.189. The molecule has 0 fully saturated rings. The number of nitriles is 1. The van der Waals surface area contributed by atoms with Crippen molar-refractivity contribution >= 4 is 33.4 Å². The first kappa shape index (κ1) is 16.9. The van der Waals surface area contributed by atoms with Crippen LogP contribution < -0.4 is 0 Å². The highest BCUT2D eigenvalue weighted by molar-refractivity contribution is 7.18. The van der Waals surface area contributed by atoms with Crippen LogP contribution in [0.2, 0.25) is 0 Å². The van der Waals surface area contributed by atoms with Crippen LogP contribution in [-0.4, -0.2) is 42.0 Å². The van der Waals surface area contributed by atoms with E-state index in [-0.39, 0.29) is 25.4 Å². The van der Waals surface area contributed by atoms with Crippen molar-refractivity contribution in [1.82, 2.24) is 9.88 Å². The third kappa shape index (κ3) is 5.04. The molecule has 0 aliphatic carbocycles. The van der Waals surface area contributed by atoms with Gasteiger partial charge < -0.3 is 9.64 Å². The molecular weight excluding hydrogens is 314 g/mol. The number of aromatic nitrogens is 1. The van der Waals surface area contributed by atoms with Crippen LogP contribution in [0.15, 0.2) is 24.3 Å². The quantitative estimate of drug-likeness (QED) is 0.726. The minimum atomic E-state index is -0.425. The number of carbonyl (C=O) groups excluding carboxylic acids is 2. The van der Waals surface area contributed by atoms with Crippen LogP contribution in [0.4, 0.5) is 0 Å². The molecule has 0 N–H and O–H groups in total. The highest BCUT2D eigenvalue weighted by Crippen LogP contribution is 2.22. The molecule has 2 rings (SSSR count). The zero-order chi connectivity index (χ0) is 16.7. The summed E-state index contributed by atoms with van der Waals surface area (Å²) < 4.78 is 6.05. The maximum atomic E-state index is 11.7. The molecule has 0 aliphatic rings. The van der Waals surface area contributed by atoms with Gasteiger partial charge in [0.15, 0.2) is 6.61 Å². The Labute approximate surface area is 138 Å². The number of nitrogens with zero attached hydrogens (tertiary/aromatic N) is 3. The maximum absolute atomic E-state index is 11.7. The monoisotopic (exact) mass is 331 g/mol. The summed E-state index contributed by atoms with van der Waals surface area (Å²) in [6.45, 7) is 0.0409. The van der Waals surface area contributed by atoms with Gasteiger partial charge in [0, 0.05) is 20.0 Å². The van der Waals surface area contributed by atoms with Gasteiger partial charge in [0.05, 0.1) is 34.1 Å². The van der Waals surface area contributed by atoms with Gasteiger partial charge in [-0.25, -0.2) is 4.98 Å². The van der Waals surface area contributed by atoms with E-state index in [9.17, 15) is 9.59 Å². The van der Waals surface area contributed by atoms with E-state index in [4.69, 9.17) is 10.00 Å².